The van der Waals surface area contributed by atoms with Crippen LogP contribution < -0.4 is 5.32 Å². The molecular weight excluding hydrogens is 554 g/mol. The molecule has 4 saturated heterocycles. The Kier molecular flexibility index (Phi) is 10.6. The number of benzene rings is 1. The van der Waals surface area contributed by atoms with Crippen LogP contribution in [0.2, 0.25) is 0 Å². The Hall–Kier alpha value is -2.81. The molecule has 2 aromatic rings. The molecule has 5 aliphatic rings. The van der Waals surface area contributed by atoms with Gasteiger partial charge in [0.2, 0.25) is 0 Å². The van der Waals surface area contributed by atoms with Gasteiger partial charge in [-0.25, -0.2) is 0 Å². The van der Waals surface area contributed by atoms with Crippen LogP contribution in [0.3, 0.4) is 0 Å². The van der Waals surface area contributed by atoms with E-state index in [4.69, 9.17) is 14.2 Å². The highest BCUT2D eigenvalue weighted by atomic mass is 16.7. The minimum atomic E-state index is -0.520. The number of ether oxygens (including phenoxy) is 3. The number of nitrogens with one attached hydrogen (secondary N) is 1. The quantitative estimate of drug-likeness (QED) is 0.245. The molecule has 1 saturated carbocycles. The van der Waals surface area contributed by atoms with Crippen LogP contribution in [0.25, 0.3) is 0 Å². The summed E-state index contributed by atoms with van der Waals surface area (Å²) in [6, 6.07) is 12.3. The van der Waals surface area contributed by atoms with Gasteiger partial charge in [0.15, 0.2) is 6.29 Å². The zero-order valence-corrected chi connectivity index (χ0v) is 26.1. The van der Waals surface area contributed by atoms with Crippen molar-refractivity contribution in [3.05, 3.63) is 65.0 Å². The standard InChI is InChI=1S/C36H49N3O5/c40-34(29-13-14-31(38-24-29)26-43-33-12-3-7-22-42-33)37-19-6-2-9-27-10-8-11-30(23-27)36(17-4-1-5-18-36)35(41)44-32-25-39-20-15-28(32)16-21-39/h8,10-11,13-14,23-24,28,32-33H,1-7,9,12,15-22,25-26H2,(H,37,40). The Bertz CT molecular complexity index is 1230. The maximum absolute atomic E-state index is 13.9. The molecule has 238 valence electrons. The molecule has 1 aromatic carbocycles. The largest absolute Gasteiger partial charge is 0.460 e. The van der Waals surface area contributed by atoms with Crippen LogP contribution in [-0.2, 0) is 37.4 Å². The molecule has 2 bridgehead atoms. The Labute approximate surface area is 262 Å². The van der Waals surface area contributed by atoms with Crippen LogP contribution in [0, 0.1) is 5.92 Å². The first-order chi connectivity index (χ1) is 21.6. The second-order valence-corrected chi connectivity index (χ2v) is 13.3. The van der Waals surface area contributed by atoms with E-state index in [1.54, 1.807) is 12.3 Å². The minimum absolute atomic E-state index is 0.00380. The summed E-state index contributed by atoms with van der Waals surface area (Å²) < 4.78 is 17.7. The zero-order valence-electron chi connectivity index (χ0n) is 26.1. The maximum atomic E-state index is 13.9. The number of hydrogen-bond acceptors (Lipinski definition) is 7. The lowest BCUT2D eigenvalue weighted by Crippen LogP contribution is -2.53. The van der Waals surface area contributed by atoms with E-state index < -0.39 is 5.41 Å². The van der Waals surface area contributed by atoms with E-state index in [1.165, 1.54) is 12.0 Å². The van der Waals surface area contributed by atoms with E-state index in [0.717, 1.165) is 115 Å². The summed E-state index contributed by atoms with van der Waals surface area (Å²) in [6.45, 7) is 4.93. The number of carbonyl (C=O) groups excluding carboxylic acids is 2. The Morgan fingerprint density at radius 3 is 2.59 bits per heavy atom. The normalized spacial score (nSPS) is 26.2. The van der Waals surface area contributed by atoms with Gasteiger partial charge in [-0.05, 0) is 106 Å². The number of amides is 1. The van der Waals surface area contributed by atoms with Crippen molar-refractivity contribution < 1.29 is 23.8 Å². The molecule has 44 heavy (non-hydrogen) atoms. The third-order valence-electron chi connectivity index (χ3n) is 10.3. The number of aryl methyl sites for hydroxylation is 1. The predicted octanol–water partition coefficient (Wildman–Crippen LogP) is 5.72. The average molecular weight is 604 g/mol. The molecule has 5 fully saturated rings. The van der Waals surface area contributed by atoms with Gasteiger partial charge < -0.3 is 19.5 Å². The molecule has 1 N–H and O–H groups in total. The van der Waals surface area contributed by atoms with Crippen molar-refractivity contribution in [2.75, 3.05) is 32.8 Å². The average Bonchev–Trinajstić information content (AvgIpc) is 3.09. The number of unbranched alkanes of at least 4 members (excludes halogenated alkanes) is 1. The van der Waals surface area contributed by atoms with Gasteiger partial charge in [0, 0.05) is 25.9 Å². The molecule has 1 aromatic heterocycles. The summed E-state index contributed by atoms with van der Waals surface area (Å²) in [7, 11) is 0. The highest BCUT2D eigenvalue weighted by Gasteiger charge is 2.45. The molecule has 4 aliphatic heterocycles. The van der Waals surface area contributed by atoms with Gasteiger partial charge in [0.05, 0.1) is 23.3 Å². The molecule has 7 rings (SSSR count). The van der Waals surface area contributed by atoms with Crippen LogP contribution >= 0.6 is 0 Å². The van der Waals surface area contributed by atoms with Crippen molar-refractivity contribution in [2.24, 2.45) is 5.92 Å². The van der Waals surface area contributed by atoms with Crippen molar-refractivity contribution in [1.29, 1.82) is 0 Å². The molecule has 1 aliphatic carbocycles. The lowest BCUT2D eigenvalue weighted by atomic mass is 9.69. The summed E-state index contributed by atoms with van der Waals surface area (Å²) in [5.41, 5.74) is 3.20. The highest BCUT2D eigenvalue weighted by Crippen LogP contribution is 2.42. The number of aromatic nitrogens is 1. The molecule has 5 heterocycles. The van der Waals surface area contributed by atoms with Crippen molar-refractivity contribution in [3.63, 3.8) is 0 Å². The van der Waals surface area contributed by atoms with E-state index in [0.29, 0.717) is 24.6 Å². The number of esters is 1. The van der Waals surface area contributed by atoms with Crippen LogP contribution in [0.4, 0.5) is 0 Å². The number of nitrogens with zero attached hydrogens (tertiary/aromatic N) is 2. The summed E-state index contributed by atoms with van der Waals surface area (Å²) in [4.78, 5) is 33.4. The number of carbonyl (C=O) groups is 2. The van der Waals surface area contributed by atoms with Crippen molar-refractivity contribution in [3.8, 4) is 0 Å². The first kappa shape index (κ1) is 31.2. The number of piperidine rings is 3. The fourth-order valence-corrected chi connectivity index (χ4v) is 7.51. The Balaban J connectivity index is 0.964. The molecular formula is C36H49N3O5. The van der Waals surface area contributed by atoms with Gasteiger partial charge in [0.25, 0.3) is 5.91 Å². The third kappa shape index (κ3) is 7.69. The third-order valence-corrected chi connectivity index (χ3v) is 10.3. The van der Waals surface area contributed by atoms with Gasteiger partial charge in [-0.2, -0.15) is 0 Å². The molecule has 0 spiro atoms. The van der Waals surface area contributed by atoms with E-state index in [-0.39, 0.29) is 24.3 Å². The first-order valence-corrected chi connectivity index (χ1v) is 17.1. The monoisotopic (exact) mass is 603 g/mol. The molecule has 8 nitrogen and oxygen atoms in total. The topological polar surface area (TPSA) is 90.0 Å². The van der Waals surface area contributed by atoms with Crippen LogP contribution in [0.5, 0.6) is 0 Å². The second-order valence-electron chi connectivity index (χ2n) is 13.3. The number of fused-ring (bicyclic) bond motifs is 3. The smallest absolute Gasteiger partial charge is 0.316 e. The van der Waals surface area contributed by atoms with Crippen molar-refractivity contribution in [1.82, 2.24) is 15.2 Å². The Morgan fingerprint density at radius 2 is 1.86 bits per heavy atom. The van der Waals surface area contributed by atoms with Crippen LogP contribution in [0.1, 0.15) is 104 Å². The number of rotatable bonds is 12. The molecule has 0 radical (unpaired) electrons. The molecule has 2 unspecified atom stereocenters. The van der Waals surface area contributed by atoms with Crippen LogP contribution in [0.15, 0.2) is 42.6 Å². The number of hydrogen-bond donors (Lipinski definition) is 1. The van der Waals surface area contributed by atoms with E-state index in [1.807, 2.05) is 6.07 Å². The van der Waals surface area contributed by atoms with Crippen molar-refractivity contribution >= 4 is 11.9 Å². The van der Waals surface area contributed by atoms with E-state index in [9.17, 15) is 9.59 Å². The fourth-order valence-electron chi connectivity index (χ4n) is 7.51. The summed E-state index contributed by atoms with van der Waals surface area (Å²) in [5, 5.41) is 3.03. The van der Waals surface area contributed by atoms with E-state index in [2.05, 4.69) is 39.5 Å². The zero-order chi connectivity index (χ0) is 30.2. The van der Waals surface area contributed by atoms with Gasteiger partial charge in [-0.3, -0.25) is 19.5 Å². The lowest BCUT2D eigenvalue weighted by molar-refractivity contribution is -0.169. The van der Waals surface area contributed by atoms with Gasteiger partial charge in [-0.1, -0.05) is 43.5 Å². The molecule has 2 atom stereocenters. The van der Waals surface area contributed by atoms with Gasteiger partial charge >= 0.3 is 5.97 Å². The molecule has 8 heteroatoms. The first-order valence-electron chi connectivity index (χ1n) is 17.1. The van der Waals surface area contributed by atoms with Crippen molar-refractivity contribution in [2.45, 2.75) is 108 Å². The fraction of sp³-hybridized carbons (Fsp3) is 0.639. The minimum Gasteiger partial charge on any atom is -0.460 e. The van der Waals surface area contributed by atoms with Gasteiger partial charge in [-0.15, -0.1) is 0 Å². The van der Waals surface area contributed by atoms with E-state index >= 15 is 0 Å². The number of pyridine rings is 1. The predicted molar refractivity (Wildman–Crippen MR) is 168 cm³/mol. The second kappa shape index (κ2) is 15.0. The lowest BCUT2D eigenvalue weighted by Gasteiger charge is -2.45. The molecule has 1 amide bonds. The van der Waals surface area contributed by atoms with Gasteiger partial charge in [0.1, 0.15) is 6.10 Å². The summed E-state index contributed by atoms with van der Waals surface area (Å²) in [5.74, 6) is 0.417. The summed E-state index contributed by atoms with van der Waals surface area (Å²) >= 11 is 0. The summed E-state index contributed by atoms with van der Waals surface area (Å²) in [6.07, 6.45) is 14.8. The highest BCUT2D eigenvalue weighted by molar-refractivity contribution is 5.93. The maximum Gasteiger partial charge on any atom is 0.316 e. The SMILES string of the molecule is O=C(NCCCCc1cccc(C2(C(=O)OC3CN4CCC3CC4)CCCCC2)c1)c1ccc(COC2CCCCO2)nc1. The Morgan fingerprint density at radius 1 is 1.00 bits per heavy atom. The van der Waals surface area contributed by atoms with Crippen LogP contribution in [-0.4, -0.2) is 66.9 Å².